The molecule has 4 aromatic rings. The van der Waals surface area contributed by atoms with Crippen molar-refractivity contribution < 1.29 is 9.13 Å². The number of nitrogens with zero attached hydrogens (tertiary/aromatic N) is 6. The van der Waals surface area contributed by atoms with Gasteiger partial charge in [-0.1, -0.05) is 18.2 Å². The van der Waals surface area contributed by atoms with Crippen molar-refractivity contribution in [3.8, 4) is 11.3 Å². The summed E-state index contributed by atoms with van der Waals surface area (Å²) in [6.07, 6.45) is 3.86. The first kappa shape index (κ1) is 24.6. The summed E-state index contributed by atoms with van der Waals surface area (Å²) in [5, 5.41) is 4.99. The predicted octanol–water partition coefficient (Wildman–Crippen LogP) is 4.23. The van der Waals surface area contributed by atoms with Crippen LogP contribution in [0.25, 0.3) is 16.9 Å². The summed E-state index contributed by atoms with van der Waals surface area (Å²) in [6.45, 7) is 6.48. The smallest absolute Gasteiger partial charge is 0.154 e. The van der Waals surface area contributed by atoms with Crippen molar-refractivity contribution in [3.05, 3.63) is 72.2 Å². The quantitative estimate of drug-likeness (QED) is 0.369. The molecule has 4 heterocycles. The van der Waals surface area contributed by atoms with Gasteiger partial charge in [-0.15, -0.1) is 5.10 Å². The standard InChI is InChI=1S/C29H34FN7O/c1-38-17-16-34-12-14-35(15-13-34)26-8-7-22(19-24(26)31)27-20-32-28-9-10-29(33-37(27)28)36-11-3-6-25(36)21-4-2-5-23(30)18-21/h2,4-5,7-10,18-20,25H,3,6,11-17,31H2,1H3. The van der Waals surface area contributed by atoms with Crippen molar-refractivity contribution in [2.24, 2.45) is 0 Å². The third-order valence-corrected chi connectivity index (χ3v) is 7.78. The molecule has 198 valence electrons. The van der Waals surface area contributed by atoms with E-state index in [9.17, 15) is 4.39 Å². The third kappa shape index (κ3) is 4.79. The predicted molar refractivity (Wildman–Crippen MR) is 149 cm³/mol. The van der Waals surface area contributed by atoms with Gasteiger partial charge in [0.15, 0.2) is 5.65 Å². The van der Waals surface area contributed by atoms with Crippen LogP contribution in [0.2, 0.25) is 0 Å². The fourth-order valence-corrected chi connectivity index (χ4v) is 5.75. The first-order valence-electron chi connectivity index (χ1n) is 13.3. The molecular weight excluding hydrogens is 481 g/mol. The minimum absolute atomic E-state index is 0.104. The van der Waals surface area contributed by atoms with E-state index in [1.165, 1.54) is 6.07 Å². The second-order valence-electron chi connectivity index (χ2n) is 10.1. The first-order chi connectivity index (χ1) is 18.6. The van der Waals surface area contributed by atoms with Crippen molar-refractivity contribution in [2.75, 3.05) is 68.5 Å². The van der Waals surface area contributed by atoms with E-state index in [-0.39, 0.29) is 11.9 Å². The minimum atomic E-state index is -0.205. The first-order valence-corrected chi connectivity index (χ1v) is 13.3. The van der Waals surface area contributed by atoms with Crippen LogP contribution in [-0.2, 0) is 4.74 Å². The Labute approximate surface area is 222 Å². The molecule has 1 unspecified atom stereocenters. The average Bonchev–Trinajstić information content (AvgIpc) is 3.59. The second kappa shape index (κ2) is 10.6. The van der Waals surface area contributed by atoms with E-state index in [4.69, 9.17) is 15.6 Å². The minimum Gasteiger partial charge on any atom is -0.397 e. The number of hydrogen-bond donors (Lipinski definition) is 1. The molecule has 2 aliphatic heterocycles. The summed E-state index contributed by atoms with van der Waals surface area (Å²) in [5.41, 5.74) is 12.0. The van der Waals surface area contributed by atoms with Gasteiger partial charge in [0.25, 0.3) is 0 Å². The Bertz CT molecular complexity index is 1420. The number of aromatic nitrogens is 3. The van der Waals surface area contributed by atoms with E-state index in [0.29, 0.717) is 0 Å². The van der Waals surface area contributed by atoms with Crippen LogP contribution in [-0.4, -0.2) is 72.5 Å². The Morgan fingerprint density at radius 2 is 1.89 bits per heavy atom. The largest absolute Gasteiger partial charge is 0.397 e. The Morgan fingerprint density at radius 1 is 1.03 bits per heavy atom. The molecule has 1 atom stereocenters. The number of nitrogen functional groups attached to an aromatic ring is 1. The Hall–Kier alpha value is -3.69. The lowest BCUT2D eigenvalue weighted by Crippen LogP contribution is -2.47. The molecule has 0 amide bonds. The number of halogens is 1. The highest BCUT2D eigenvalue weighted by atomic mass is 19.1. The highest BCUT2D eigenvalue weighted by Crippen LogP contribution is 2.36. The van der Waals surface area contributed by atoms with Gasteiger partial charge in [-0.2, -0.15) is 0 Å². The van der Waals surface area contributed by atoms with Crippen LogP contribution < -0.4 is 15.5 Å². The summed E-state index contributed by atoms with van der Waals surface area (Å²) in [4.78, 5) is 11.6. The maximum absolute atomic E-state index is 13.9. The van der Waals surface area contributed by atoms with Gasteiger partial charge in [0.05, 0.1) is 35.9 Å². The maximum Gasteiger partial charge on any atom is 0.154 e. The topological polar surface area (TPSA) is 75.2 Å². The summed E-state index contributed by atoms with van der Waals surface area (Å²) in [5.74, 6) is 0.656. The number of nitrogens with two attached hydrogens (primary N) is 1. The number of piperazine rings is 1. The lowest BCUT2D eigenvalue weighted by Gasteiger charge is -2.36. The molecule has 38 heavy (non-hydrogen) atoms. The van der Waals surface area contributed by atoms with E-state index in [0.717, 1.165) is 98.4 Å². The van der Waals surface area contributed by atoms with Crippen LogP contribution in [0, 0.1) is 5.82 Å². The molecule has 0 saturated carbocycles. The van der Waals surface area contributed by atoms with E-state index < -0.39 is 0 Å². The van der Waals surface area contributed by atoms with Gasteiger partial charge < -0.3 is 20.3 Å². The van der Waals surface area contributed by atoms with Gasteiger partial charge >= 0.3 is 0 Å². The van der Waals surface area contributed by atoms with Gasteiger partial charge in [0, 0.05) is 51.9 Å². The normalized spacial score (nSPS) is 18.5. The molecule has 2 saturated heterocycles. The van der Waals surface area contributed by atoms with Crippen LogP contribution in [0.4, 0.5) is 21.6 Å². The average molecular weight is 516 g/mol. The zero-order valence-electron chi connectivity index (χ0n) is 21.8. The SMILES string of the molecule is COCCN1CCN(c2ccc(-c3cnc4ccc(N5CCCC5c5cccc(F)c5)nn34)cc2N)CC1. The van der Waals surface area contributed by atoms with Crippen LogP contribution in [0.5, 0.6) is 0 Å². The molecule has 8 nitrogen and oxygen atoms in total. The zero-order valence-corrected chi connectivity index (χ0v) is 21.8. The number of fused-ring (bicyclic) bond motifs is 1. The number of rotatable bonds is 7. The highest BCUT2D eigenvalue weighted by molar-refractivity contribution is 5.76. The molecule has 6 rings (SSSR count). The van der Waals surface area contributed by atoms with E-state index in [2.05, 4.69) is 31.8 Å². The summed E-state index contributed by atoms with van der Waals surface area (Å²) in [7, 11) is 1.74. The number of anilines is 3. The summed E-state index contributed by atoms with van der Waals surface area (Å²) >= 11 is 0. The van der Waals surface area contributed by atoms with Crippen molar-refractivity contribution >= 4 is 22.8 Å². The van der Waals surface area contributed by atoms with E-state index in [1.807, 2.05) is 35.0 Å². The van der Waals surface area contributed by atoms with Gasteiger partial charge in [-0.25, -0.2) is 13.9 Å². The third-order valence-electron chi connectivity index (χ3n) is 7.78. The Kier molecular flexibility index (Phi) is 6.86. The second-order valence-corrected chi connectivity index (χ2v) is 10.1. The van der Waals surface area contributed by atoms with E-state index >= 15 is 0 Å². The van der Waals surface area contributed by atoms with Crippen LogP contribution in [0.15, 0.2) is 60.8 Å². The van der Waals surface area contributed by atoms with Gasteiger partial charge in [-0.3, -0.25) is 4.90 Å². The fraction of sp³-hybridized carbons (Fsp3) is 0.379. The molecule has 0 bridgehead atoms. The molecule has 2 aliphatic rings. The lowest BCUT2D eigenvalue weighted by molar-refractivity contribution is 0.144. The van der Waals surface area contributed by atoms with Crippen molar-refractivity contribution in [1.82, 2.24) is 19.5 Å². The molecule has 0 aliphatic carbocycles. The zero-order chi connectivity index (χ0) is 26.1. The molecular formula is C29H34FN7O. The molecule has 9 heteroatoms. The Morgan fingerprint density at radius 3 is 2.68 bits per heavy atom. The van der Waals surface area contributed by atoms with Crippen LogP contribution in [0.3, 0.4) is 0 Å². The number of methoxy groups -OCH3 is 1. The maximum atomic E-state index is 13.9. The lowest BCUT2D eigenvalue weighted by atomic mass is 10.0. The van der Waals surface area contributed by atoms with Crippen LogP contribution in [0.1, 0.15) is 24.4 Å². The molecule has 0 radical (unpaired) electrons. The molecule has 2 fully saturated rings. The highest BCUT2D eigenvalue weighted by Gasteiger charge is 2.28. The van der Waals surface area contributed by atoms with Crippen molar-refractivity contribution in [3.63, 3.8) is 0 Å². The van der Waals surface area contributed by atoms with Gasteiger partial charge in [0.2, 0.25) is 0 Å². The van der Waals surface area contributed by atoms with Gasteiger partial charge in [0.1, 0.15) is 11.6 Å². The summed E-state index contributed by atoms with van der Waals surface area (Å²) < 4.78 is 21.0. The van der Waals surface area contributed by atoms with Gasteiger partial charge in [-0.05, 0) is 54.8 Å². The molecule has 2 aromatic heterocycles. The summed E-state index contributed by atoms with van der Waals surface area (Å²) in [6, 6.07) is 17.2. The van der Waals surface area contributed by atoms with E-state index in [1.54, 1.807) is 19.2 Å². The van der Waals surface area contributed by atoms with Crippen LogP contribution >= 0.6 is 0 Å². The van der Waals surface area contributed by atoms with Crippen molar-refractivity contribution in [1.29, 1.82) is 0 Å². The van der Waals surface area contributed by atoms with Crippen molar-refractivity contribution in [2.45, 2.75) is 18.9 Å². The number of ether oxygens (including phenoxy) is 1. The Balaban J connectivity index is 1.25. The molecule has 0 spiro atoms. The molecule has 2 N–H and O–H groups in total. The number of hydrogen-bond acceptors (Lipinski definition) is 7. The molecule has 2 aromatic carbocycles. The monoisotopic (exact) mass is 515 g/mol. The number of imidazole rings is 1. The number of benzene rings is 2. The fourth-order valence-electron chi connectivity index (χ4n) is 5.75.